The maximum atomic E-state index is 12.4. The van der Waals surface area contributed by atoms with Crippen LogP contribution in [0, 0.1) is 5.92 Å². The van der Waals surface area contributed by atoms with Gasteiger partial charge in [-0.15, -0.1) is 0 Å². The number of unbranched alkanes of at least 4 members (excludes halogenated alkanes) is 5. The van der Waals surface area contributed by atoms with E-state index in [0.717, 1.165) is 19.3 Å². The number of Topliss-reactive ketones (excluding diaryl/α,β-unsaturated/α-hetero) is 1. The van der Waals surface area contributed by atoms with Gasteiger partial charge in [-0.25, -0.2) is 0 Å². The highest BCUT2D eigenvalue weighted by Gasteiger charge is 2.29. The predicted molar refractivity (Wildman–Crippen MR) is 115 cm³/mol. The van der Waals surface area contributed by atoms with Crippen LogP contribution in [0.15, 0.2) is 0 Å². The van der Waals surface area contributed by atoms with Crippen molar-refractivity contribution in [3.05, 3.63) is 0 Å². The van der Waals surface area contributed by atoms with Crippen molar-refractivity contribution >= 4 is 17.6 Å². The molecule has 0 aliphatic carbocycles. The van der Waals surface area contributed by atoms with Crippen molar-refractivity contribution in [3.8, 4) is 0 Å². The van der Waals surface area contributed by atoms with E-state index in [1.165, 1.54) is 32.6 Å². The second-order valence-corrected chi connectivity index (χ2v) is 7.76. The second-order valence-electron chi connectivity index (χ2n) is 7.76. The van der Waals surface area contributed by atoms with Crippen molar-refractivity contribution in [2.75, 3.05) is 13.1 Å². The van der Waals surface area contributed by atoms with Crippen LogP contribution >= 0.6 is 0 Å². The largest absolute Gasteiger partial charge is 0.391 e. The lowest BCUT2D eigenvalue weighted by atomic mass is 9.96. The first-order valence-corrected chi connectivity index (χ1v) is 11.0. The third kappa shape index (κ3) is 11.9. The Morgan fingerprint density at radius 2 is 1.55 bits per heavy atom. The van der Waals surface area contributed by atoms with Gasteiger partial charge in [-0.2, -0.15) is 0 Å². The average molecular weight is 415 g/mol. The third-order valence-electron chi connectivity index (χ3n) is 5.14. The summed E-state index contributed by atoms with van der Waals surface area (Å²) in [5, 5.41) is 15.0. The Balaban J connectivity index is 4.59. The lowest BCUT2D eigenvalue weighted by molar-refractivity contribution is -0.134. The van der Waals surface area contributed by atoms with Crippen LogP contribution in [0.3, 0.4) is 0 Å². The molecule has 0 saturated heterocycles. The summed E-state index contributed by atoms with van der Waals surface area (Å²) in [6.07, 6.45) is 7.24. The summed E-state index contributed by atoms with van der Waals surface area (Å²) in [5.41, 5.74) is 11.4. The van der Waals surface area contributed by atoms with E-state index in [9.17, 15) is 19.5 Å². The van der Waals surface area contributed by atoms with Gasteiger partial charge in [0, 0.05) is 19.4 Å². The van der Waals surface area contributed by atoms with Crippen LogP contribution in [0.5, 0.6) is 0 Å². The summed E-state index contributed by atoms with van der Waals surface area (Å²) in [4.78, 5) is 36.6. The van der Waals surface area contributed by atoms with Crippen LogP contribution in [0.1, 0.15) is 78.6 Å². The van der Waals surface area contributed by atoms with Gasteiger partial charge in [-0.05, 0) is 25.8 Å². The van der Waals surface area contributed by atoms with Gasteiger partial charge in [-0.3, -0.25) is 14.4 Å². The smallest absolute Gasteiger partial charge is 0.245 e. The Kier molecular flexibility index (Phi) is 15.5. The van der Waals surface area contributed by atoms with E-state index >= 15 is 0 Å². The molecule has 29 heavy (non-hydrogen) atoms. The molecule has 7 N–H and O–H groups in total. The molecule has 0 aromatic rings. The first kappa shape index (κ1) is 27.5. The standard InChI is InChI=1S/C21H42N4O4/c1-4-6-7-8-9-10-11-16(13-22)12-19(28)25-20(15(3)26)21(29)24-17(14-23)18(27)5-2/h15-17,20,26H,4-14,22-23H2,1-3H3,(H,24,29)(H,25,28)/t15-,16?,17-,20-/m0/s1. The lowest BCUT2D eigenvalue weighted by Gasteiger charge is -2.24. The molecular weight excluding hydrogens is 372 g/mol. The summed E-state index contributed by atoms with van der Waals surface area (Å²) in [7, 11) is 0. The third-order valence-corrected chi connectivity index (χ3v) is 5.14. The van der Waals surface area contributed by atoms with Crippen molar-refractivity contribution in [2.24, 2.45) is 17.4 Å². The molecule has 170 valence electrons. The number of aliphatic hydroxyl groups is 1. The average Bonchev–Trinajstić information content (AvgIpc) is 2.70. The maximum absolute atomic E-state index is 12.4. The molecule has 0 saturated carbocycles. The highest BCUT2D eigenvalue weighted by atomic mass is 16.3. The Hall–Kier alpha value is -1.51. The Labute approximate surface area is 175 Å². The highest BCUT2D eigenvalue weighted by Crippen LogP contribution is 2.15. The van der Waals surface area contributed by atoms with E-state index in [0.29, 0.717) is 6.54 Å². The van der Waals surface area contributed by atoms with Crippen molar-refractivity contribution in [3.63, 3.8) is 0 Å². The SMILES string of the molecule is CCCCCCCCC(CN)CC(=O)N[C@H](C(=O)N[C@@H](CN)C(=O)CC)[C@H](C)O. The Morgan fingerprint density at radius 3 is 2.07 bits per heavy atom. The fourth-order valence-electron chi connectivity index (χ4n) is 3.20. The summed E-state index contributed by atoms with van der Waals surface area (Å²) in [5.74, 6) is -1.11. The number of carbonyl (C=O) groups is 3. The fourth-order valence-corrected chi connectivity index (χ4v) is 3.20. The number of aliphatic hydroxyl groups excluding tert-OH is 1. The van der Waals surface area contributed by atoms with Gasteiger partial charge >= 0.3 is 0 Å². The van der Waals surface area contributed by atoms with Crippen LogP contribution in [-0.2, 0) is 14.4 Å². The molecule has 0 aromatic carbocycles. The van der Waals surface area contributed by atoms with Crippen molar-refractivity contribution in [1.29, 1.82) is 0 Å². The predicted octanol–water partition coefficient (Wildman–Crippen LogP) is 0.990. The molecule has 0 aromatic heterocycles. The molecule has 8 nitrogen and oxygen atoms in total. The van der Waals surface area contributed by atoms with Crippen molar-refractivity contribution in [1.82, 2.24) is 10.6 Å². The van der Waals surface area contributed by atoms with Gasteiger partial charge < -0.3 is 27.2 Å². The van der Waals surface area contributed by atoms with E-state index in [4.69, 9.17) is 11.5 Å². The van der Waals surface area contributed by atoms with Crippen molar-refractivity contribution in [2.45, 2.75) is 96.7 Å². The van der Waals surface area contributed by atoms with E-state index < -0.39 is 24.1 Å². The molecule has 0 bridgehead atoms. The number of hydrogen-bond acceptors (Lipinski definition) is 6. The van der Waals surface area contributed by atoms with Crippen molar-refractivity contribution < 1.29 is 19.5 Å². The van der Waals surface area contributed by atoms with Gasteiger partial charge in [-0.1, -0.05) is 52.4 Å². The number of carbonyl (C=O) groups excluding carboxylic acids is 3. The van der Waals surface area contributed by atoms with Gasteiger partial charge in [0.1, 0.15) is 6.04 Å². The van der Waals surface area contributed by atoms with E-state index in [-0.39, 0.29) is 37.0 Å². The summed E-state index contributed by atoms with van der Waals surface area (Å²) in [6.45, 7) is 5.64. The van der Waals surface area contributed by atoms with Gasteiger partial charge in [0.2, 0.25) is 11.8 Å². The number of nitrogens with one attached hydrogen (secondary N) is 2. The molecule has 2 amide bonds. The number of ketones is 1. The van der Waals surface area contributed by atoms with E-state index in [1.54, 1.807) is 6.92 Å². The number of nitrogens with two attached hydrogens (primary N) is 2. The number of amides is 2. The molecule has 0 aliphatic rings. The maximum Gasteiger partial charge on any atom is 0.245 e. The first-order valence-electron chi connectivity index (χ1n) is 11.0. The zero-order valence-corrected chi connectivity index (χ0v) is 18.4. The molecule has 1 unspecified atom stereocenters. The molecule has 0 aliphatic heterocycles. The summed E-state index contributed by atoms with van der Waals surface area (Å²) < 4.78 is 0. The molecular formula is C21H42N4O4. The summed E-state index contributed by atoms with van der Waals surface area (Å²) >= 11 is 0. The minimum absolute atomic E-state index is 0.0353. The molecule has 8 heteroatoms. The molecule has 0 fully saturated rings. The second kappa shape index (κ2) is 16.3. The number of hydrogen-bond donors (Lipinski definition) is 5. The zero-order valence-electron chi connectivity index (χ0n) is 18.4. The van der Waals surface area contributed by atoms with Gasteiger partial charge in [0.25, 0.3) is 0 Å². The van der Waals surface area contributed by atoms with Crippen LogP contribution in [0.4, 0.5) is 0 Å². The minimum Gasteiger partial charge on any atom is -0.391 e. The molecule has 4 atom stereocenters. The molecule has 0 rings (SSSR count). The fraction of sp³-hybridized carbons (Fsp3) is 0.857. The Morgan fingerprint density at radius 1 is 0.931 bits per heavy atom. The van der Waals surface area contributed by atoms with E-state index in [2.05, 4.69) is 17.6 Å². The first-order chi connectivity index (χ1) is 13.8. The summed E-state index contributed by atoms with van der Waals surface area (Å²) in [6, 6.07) is -1.97. The van der Waals surface area contributed by atoms with Crippen LogP contribution in [0.2, 0.25) is 0 Å². The number of rotatable bonds is 17. The van der Waals surface area contributed by atoms with Crippen LogP contribution in [-0.4, -0.2) is 54.0 Å². The van der Waals surface area contributed by atoms with Crippen LogP contribution in [0.25, 0.3) is 0 Å². The van der Waals surface area contributed by atoms with Gasteiger partial charge in [0.15, 0.2) is 5.78 Å². The monoisotopic (exact) mass is 414 g/mol. The minimum atomic E-state index is -1.14. The molecule has 0 spiro atoms. The highest BCUT2D eigenvalue weighted by molar-refractivity contribution is 5.93. The van der Waals surface area contributed by atoms with E-state index in [1.807, 2.05) is 0 Å². The normalized spacial score (nSPS) is 15.2. The lowest BCUT2D eigenvalue weighted by Crippen LogP contribution is -2.57. The molecule has 0 heterocycles. The zero-order chi connectivity index (χ0) is 22.2. The Bertz CT molecular complexity index is 485. The van der Waals surface area contributed by atoms with Gasteiger partial charge in [0.05, 0.1) is 12.1 Å². The molecule has 0 radical (unpaired) electrons. The quantitative estimate of drug-likeness (QED) is 0.224. The van der Waals surface area contributed by atoms with Crippen LogP contribution < -0.4 is 22.1 Å². The topological polar surface area (TPSA) is 148 Å².